The van der Waals surface area contributed by atoms with Crippen molar-refractivity contribution in [3.8, 4) is 5.75 Å². The third kappa shape index (κ3) is 5.31. The van der Waals surface area contributed by atoms with Crippen molar-refractivity contribution in [1.29, 1.82) is 0 Å². The van der Waals surface area contributed by atoms with Crippen LogP contribution in [0.15, 0.2) is 73.1 Å². The monoisotopic (exact) mass is 490 g/mol. The average Bonchev–Trinajstić information content (AvgIpc) is 2.88. The zero-order valence-corrected chi connectivity index (χ0v) is 20.1. The van der Waals surface area contributed by atoms with Crippen LogP contribution in [0.25, 0.3) is 0 Å². The number of carbonyl (C=O) groups is 2. The fraction of sp³-hybridized carbons (Fsp3) is 0.296. The van der Waals surface area contributed by atoms with E-state index in [9.17, 15) is 9.59 Å². The molecule has 0 N–H and O–H groups in total. The molecule has 0 spiro atoms. The van der Waals surface area contributed by atoms with Crippen LogP contribution in [0.4, 0.5) is 0 Å². The largest absolute Gasteiger partial charge is 0.487 e. The molecule has 0 aliphatic carbocycles. The fourth-order valence-electron chi connectivity index (χ4n) is 4.48. The van der Waals surface area contributed by atoms with E-state index >= 15 is 0 Å². The molecule has 0 saturated carbocycles. The van der Waals surface area contributed by atoms with Gasteiger partial charge in [-0.2, -0.15) is 0 Å². The van der Waals surface area contributed by atoms with Crippen molar-refractivity contribution in [1.82, 2.24) is 19.7 Å². The molecule has 1 aromatic heterocycles. The third-order valence-electron chi connectivity index (χ3n) is 6.58. The maximum absolute atomic E-state index is 12.9. The molecule has 3 heterocycles. The first-order valence-corrected chi connectivity index (χ1v) is 12.1. The number of piperazine rings is 1. The molecule has 2 aliphatic rings. The van der Waals surface area contributed by atoms with Gasteiger partial charge in [0.2, 0.25) is 0 Å². The molecule has 2 aromatic carbocycles. The molecule has 3 aromatic rings. The minimum absolute atomic E-state index is 0.0279. The zero-order valence-electron chi connectivity index (χ0n) is 19.3. The van der Waals surface area contributed by atoms with Crippen LogP contribution in [-0.4, -0.2) is 76.8 Å². The van der Waals surface area contributed by atoms with E-state index < -0.39 is 0 Å². The molecule has 35 heavy (non-hydrogen) atoms. The zero-order chi connectivity index (χ0) is 24.2. The van der Waals surface area contributed by atoms with Gasteiger partial charge in [0.15, 0.2) is 0 Å². The summed E-state index contributed by atoms with van der Waals surface area (Å²) in [6.45, 7) is 4.77. The van der Waals surface area contributed by atoms with Crippen molar-refractivity contribution in [3.63, 3.8) is 0 Å². The van der Waals surface area contributed by atoms with E-state index in [-0.39, 0.29) is 11.8 Å². The Kier molecular flexibility index (Phi) is 6.97. The summed E-state index contributed by atoms with van der Waals surface area (Å²) >= 11 is 6.39. The van der Waals surface area contributed by atoms with Gasteiger partial charge in [0.1, 0.15) is 12.4 Å². The van der Waals surface area contributed by atoms with Crippen LogP contribution < -0.4 is 4.74 Å². The summed E-state index contributed by atoms with van der Waals surface area (Å²) in [5, 5.41) is 0.413. The Balaban J connectivity index is 1.09. The lowest BCUT2D eigenvalue weighted by Gasteiger charge is -2.48. The summed E-state index contributed by atoms with van der Waals surface area (Å²) in [5.41, 5.74) is 2.23. The van der Waals surface area contributed by atoms with Crippen molar-refractivity contribution < 1.29 is 14.3 Å². The highest BCUT2D eigenvalue weighted by atomic mass is 35.5. The van der Waals surface area contributed by atoms with E-state index in [2.05, 4.69) is 9.88 Å². The Morgan fingerprint density at radius 2 is 1.63 bits per heavy atom. The standard InChI is InChI=1S/C27H27ClN4O3/c28-24-15-22(8-9-25(24)35-19-20-5-4-10-29-16-20)27(34)32-17-23(18-32)30-11-13-31(14-12-30)26(33)21-6-2-1-3-7-21/h1-10,15-16,23H,11-14,17-19H2. The molecule has 8 heteroatoms. The van der Waals surface area contributed by atoms with Gasteiger partial charge in [-0.3, -0.25) is 19.5 Å². The van der Waals surface area contributed by atoms with Crippen molar-refractivity contribution >= 4 is 23.4 Å². The van der Waals surface area contributed by atoms with Crippen LogP contribution >= 0.6 is 11.6 Å². The molecule has 0 radical (unpaired) electrons. The molecule has 0 unspecified atom stereocenters. The first kappa shape index (κ1) is 23.3. The van der Waals surface area contributed by atoms with Gasteiger partial charge in [-0.15, -0.1) is 0 Å². The number of rotatable bonds is 6. The van der Waals surface area contributed by atoms with Gasteiger partial charge < -0.3 is 14.5 Å². The van der Waals surface area contributed by atoms with E-state index in [0.29, 0.717) is 55.2 Å². The number of halogens is 1. The van der Waals surface area contributed by atoms with E-state index in [0.717, 1.165) is 24.2 Å². The highest BCUT2D eigenvalue weighted by Gasteiger charge is 2.37. The first-order chi connectivity index (χ1) is 17.1. The maximum atomic E-state index is 12.9. The number of pyridine rings is 1. The van der Waals surface area contributed by atoms with Crippen LogP contribution in [0, 0.1) is 0 Å². The van der Waals surface area contributed by atoms with Gasteiger partial charge in [0.05, 0.1) is 5.02 Å². The lowest BCUT2D eigenvalue weighted by Crippen LogP contribution is -2.64. The van der Waals surface area contributed by atoms with Crippen LogP contribution in [0.5, 0.6) is 5.75 Å². The minimum Gasteiger partial charge on any atom is -0.487 e. The third-order valence-corrected chi connectivity index (χ3v) is 6.88. The molecule has 0 atom stereocenters. The molecule has 0 bridgehead atoms. The second kappa shape index (κ2) is 10.5. The van der Waals surface area contributed by atoms with Gasteiger partial charge >= 0.3 is 0 Å². The van der Waals surface area contributed by atoms with Crippen molar-refractivity contribution in [3.05, 3.63) is 94.8 Å². The number of aromatic nitrogens is 1. The van der Waals surface area contributed by atoms with Crippen molar-refractivity contribution in [2.75, 3.05) is 39.3 Å². The Morgan fingerprint density at radius 1 is 0.886 bits per heavy atom. The normalized spacial score (nSPS) is 16.6. The minimum atomic E-state index is -0.0279. The number of ether oxygens (including phenoxy) is 1. The van der Waals surface area contributed by atoms with Gasteiger partial charge in [-0.05, 0) is 36.4 Å². The predicted octanol–water partition coefficient (Wildman–Crippen LogP) is 3.60. The summed E-state index contributed by atoms with van der Waals surface area (Å²) < 4.78 is 5.78. The van der Waals surface area contributed by atoms with Crippen molar-refractivity contribution in [2.24, 2.45) is 0 Å². The number of hydrogen-bond acceptors (Lipinski definition) is 5. The van der Waals surface area contributed by atoms with Gasteiger partial charge in [-0.1, -0.05) is 35.9 Å². The smallest absolute Gasteiger partial charge is 0.254 e. The van der Waals surface area contributed by atoms with Gasteiger partial charge in [0, 0.05) is 74.4 Å². The number of nitrogens with zero attached hydrogens (tertiary/aromatic N) is 4. The molecule has 7 nitrogen and oxygen atoms in total. The Morgan fingerprint density at radius 3 is 2.31 bits per heavy atom. The van der Waals surface area contributed by atoms with E-state index in [4.69, 9.17) is 16.3 Å². The maximum Gasteiger partial charge on any atom is 0.254 e. The summed E-state index contributed by atoms with van der Waals surface area (Å²) in [5.74, 6) is 0.594. The molecular formula is C27H27ClN4O3. The number of benzene rings is 2. The second-order valence-corrected chi connectivity index (χ2v) is 9.26. The summed E-state index contributed by atoms with van der Waals surface area (Å²) in [6, 6.07) is 18.7. The molecule has 5 rings (SSSR count). The van der Waals surface area contributed by atoms with E-state index in [1.165, 1.54) is 0 Å². The Bertz CT molecular complexity index is 1180. The lowest BCUT2D eigenvalue weighted by atomic mass is 10.0. The number of likely N-dealkylation sites (tertiary alicyclic amines) is 1. The summed E-state index contributed by atoms with van der Waals surface area (Å²) in [4.78, 5) is 35.8. The summed E-state index contributed by atoms with van der Waals surface area (Å²) in [6.07, 6.45) is 3.46. The van der Waals surface area contributed by atoms with Crippen LogP contribution in [0.2, 0.25) is 5.02 Å². The number of amides is 2. The number of carbonyl (C=O) groups excluding carboxylic acids is 2. The Hall–Kier alpha value is -3.42. The van der Waals surface area contributed by atoms with E-state index in [1.54, 1.807) is 30.6 Å². The van der Waals surface area contributed by atoms with E-state index in [1.807, 2.05) is 52.3 Å². The molecular weight excluding hydrogens is 464 g/mol. The van der Waals surface area contributed by atoms with Crippen LogP contribution in [-0.2, 0) is 6.61 Å². The SMILES string of the molecule is O=C(c1ccccc1)N1CCN(C2CN(C(=O)c3ccc(OCc4cccnc4)c(Cl)c3)C2)CC1. The van der Waals surface area contributed by atoms with Crippen LogP contribution in [0.3, 0.4) is 0 Å². The van der Waals surface area contributed by atoms with Gasteiger partial charge in [-0.25, -0.2) is 0 Å². The van der Waals surface area contributed by atoms with Crippen molar-refractivity contribution in [2.45, 2.75) is 12.6 Å². The second-order valence-electron chi connectivity index (χ2n) is 8.85. The summed E-state index contributed by atoms with van der Waals surface area (Å²) in [7, 11) is 0. The Labute approximate surface area is 209 Å². The lowest BCUT2D eigenvalue weighted by molar-refractivity contribution is 0.00853. The first-order valence-electron chi connectivity index (χ1n) is 11.8. The molecule has 2 amide bonds. The van der Waals surface area contributed by atoms with Gasteiger partial charge in [0.25, 0.3) is 11.8 Å². The number of hydrogen-bond donors (Lipinski definition) is 0. The highest BCUT2D eigenvalue weighted by Crippen LogP contribution is 2.28. The molecule has 2 fully saturated rings. The average molecular weight is 491 g/mol. The molecule has 2 aliphatic heterocycles. The highest BCUT2D eigenvalue weighted by molar-refractivity contribution is 6.32. The fourth-order valence-corrected chi connectivity index (χ4v) is 4.72. The topological polar surface area (TPSA) is 66.0 Å². The van der Waals surface area contributed by atoms with Crippen LogP contribution in [0.1, 0.15) is 26.3 Å². The quantitative estimate of drug-likeness (QED) is 0.528. The molecule has 180 valence electrons. The predicted molar refractivity (Wildman–Crippen MR) is 134 cm³/mol. The molecule has 2 saturated heterocycles.